The van der Waals surface area contributed by atoms with Gasteiger partial charge in [-0.25, -0.2) is 4.79 Å². The average Bonchev–Trinajstić information content (AvgIpc) is 2.97. The van der Waals surface area contributed by atoms with Gasteiger partial charge in [-0.1, -0.05) is 0 Å². The van der Waals surface area contributed by atoms with Crippen LogP contribution in [0.5, 0.6) is 40.2 Å². The first-order valence-corrected chi connectivity index (χ1v) is 14.5. The standard InChI is InChI=1S/C34H30O15/c1-16(35)42-24-9-7-22(8-10-24)34(41)49-31-15-26-27(44-18(3)37)13-25(43-17(2)36)14-28(26)48-32(31)23-11-29(45-19(4)38)33(47-21(6)40)30(12-23)46-20(5)39/h7-14,31-32H,15H2,1-6H3. The van der Waals surface area contributed by atoms with Crippen LogP contribution in [0, 0.1) is 0 Å². The Kier molecular flexibility index (Phi) is 11.0. The van der Waals surface area contributed by atoms with E-state index in [2.05, 4.69) is 0 Å². The van der Waals surface area contributed by atoms with Crippen molar-refractivity contribution in [3.63, 3.8) is 0 Å². The molecule has 0 amide bonds. The second-order valence-corrected chi connectivity index (χ2v) is 10.5. The molecule has 15 nitrogen and oxygen atoms in total. The lowest BCUT2D eigenvalue weighted by atomic mass is 9.93. The third-order valence-electron chi connectivity index (χ3n) is 6.39. The maximum atomic E-state index is 13.4. The van der Waals surface area contributed by atoms with E-state index in [4.69, 9.17) is 37.9 Å². The highest BCUT2D eigenvalue weighted by Gasteiger charge is 2.38. The van der Waals surface area contributed by atoms with E-state index in [1.54, 1.807) is 0 Å². The van der Waals surface area contributed by atoms with Crippen molar-refractivity contribution in [3.8, 4) is 40.2 Å². The Morgan fingerprint density at radius 3 is 1.57 bits per heavy atom. The van der Waals surface area contributed by atoms with Gasteiger partial charge in [0.05, 0.1) is 5.56 Å². The predicted octanol–water partition coefficient (Wildman–Crippen LogP) is 4.14. The first kappa shape index (κ1) is 35.6. The van der Waals surface area contributed by atoms with Gasteiger partial charge < -0.3 is 37.9 Å². The van der Waals surface area contributed by atoms with E-state index in [1.165, 1.54) is 62.4 Å². The molecule has 1 aliphatic rings. The minimum Gasteiger partial charge on any atom is -0.481 e. The highest BCUT2D eigenvalue weighted by molar-refractivity contribution is 5.90. The van der Waals surface area contributed by atoms with Crippen molar-refractivity contribution < 1.29 is 71.5 Å². The summed E-state index contributed by atoms with van der Waals surface area (Å²) in [6.07, 6.45) is -2.61. The minimum absolute atomic E-state index is 0.0315. The Bertz CT molecular complexity index is 1800. The van der Waals surface area contributed by atoms with Gasteiger partial charge in [0.2, 0.25) is 5.75 Å². The predicted molar refractivity (Wildman–Crippen MR) is 163 cm³/mol. The zero-order valence-corrected chi connectivity index (χ0v) is 27.1. The van der Waals surface area contributed by atoms with Crippen molar-refractivity contribution in [3.05, 3.63) is 65.2 Å². The monoisotopic (exact) mass is 678 g/mol. The van der Waals surface area contributed by atoms with Crippen LogP contribution in [0.15, 0.2) is 48.5 Å². The summed E-state index contributed by atoms with van der Waals surface area (Å²) in [7, 11) is 0. The topological polar surface area (TPSA) is 193 Å². The summed E-state index contributed by atoms with van der Waals surface area (Å²) in [5.74, 6) is -6.08. The first-order valence-electron chi connectivity index (χ1n) is 14.5. The zero-order valence-electron chi connectivity index (χ0n) is 27.1. The van der Waals surface area contributed by atoms with E-state index in [9.17, 15) is 33.6 Å². The van der Waals surface area contributed by atoms with Crippen molar-refractivity contribution >= 4 is 41.8 Å². The number of carbonyl (C=O) groups excluding carboxylic acids is 7. The number of esters is 7. The Labute approximate surface area is 278 Å². The van der Waals surface area contributed by atoms with Gasteiger partial charge in [-0.3, -0.25) is 28.8 Å². The number of benzene rings is 3. The summed E-state index contributed by atoms with van der Waals surface area (Å²) >= 11 is 0. The normalized spacial score (nSPS) is 14.6. The van der Waals surface area contributed by atoms with Crippen LogP contribution < -0.4 is 33.2 Å². The molecule has 0 aromatic heterocycles. The Balaban J connectivity index is 1.88. The molecule has 0 saturated heterocycles. The first-order chi connectivity index (χ1) is 23.1. The zero-order chi connectivity index (χ0) is 36.0. The Morgan fingerprint density at radius 2 is 1.06 bits per heavy atom. The molecular weight excluding hydrogens is 648 g/mol. The van der Waals surface area contributed by atoms with Gasteiger partial charge in [-0.15, -0.1) is 0 Å². The minimum atomic E-state index is -1.26. The summed E-state index contributed by atoms with van der Waals surface area (Å²) in [6.45, 7) is 6.81. The fourth-order valence-electron chi connectivity index (χ4n) is 4.78. The van der Waals surface area contributed by atoms with E-state index in [0.717, 1.165) is 27.7 Å². The van der Waals surface area contributed by atoms with Crippen molar-refractivity contribution in [2.75, 3.05) is 0 Å². The molecule has 1 heterocycles. The number of fused-ring (bicyclic) bond motifs is 1. The fourth-order valence-corrected chi connectivity index (χ4v) is 4.78. The van der Waals surface area contributed by atoms with Crippen LogP contribution >= 0.6 is 0 Å². The molecule has 2 atom stereocenters. The molecule has 256 valence electrons. The van der Waals surface area contributed by atoms with Gasteiger partial charge in [0.25, 0.3) is 0 Å². The van der Waals surface area contributed by atoms with Crippen LogP contribution in [0.2, 0.25) is 0 Å². The van der Waals surface area contributed by atoms with Gasteiger partial charge in [0.15, 0.2) is 17.6 Å². The smallest absolute Gasteiger partial charge is 0.338 e. The van der Waals surface area contributed by atoms with E-state index < -0.39 is 54.0 Å². The summed E-state index contributed by atoms with van der Waals surface area (Å²) in [4.78, 5) is 84.6. The quantitative estimate of drug-likeness (QED) is 0.231. The molecule has 0 fully saturated rings. The number of hydrogen-bond donors (Lipinski definition) is 0. The molecule has 3 aromatic carbocycles. The van der Waals surface area contributed by atoms with Crippen LogP contribution in [0.25, 0.3) is 0 Å². The number of hydrogen-bond acceptors (Lipinski definition) is 15. The molecule has 0 aliphatic carbocycles. The molecular formula is C34H30O15. The van der Waals surface area contributed by atoms with Crippen LogP contribution in [-0.4, -0.2) is 47.9 Å². The van der Waals surface area contributed by atoms with Crippen LogP contribution in [0.4, 0.5) is 0 Å². The molecule has 4 rings (SSSR count). The molecule has 0 spiro atoms. The Morgan fingerprint density at radius 1 is 0.571 bits per heavy atom. The third kappa shape index (κ3) is 9.41. The largest absolute Gasteiger partial charge is 0.481 e. The maximum Gasteiger partial charge on any atom is 0.338 e. The molecule has 0 radical (unpaired) electrons. The average molecular weight is 679 g/mol. The summed E-state index contributed by atoms with van der Waals surface area (Å²) in [5.41, 5.74) is 0.448. The van der Waals surface area contributed by atoms with Crippen LogP contribution in [0.1, 0.15) is 69.1 Å². The number of carbonyl (C=O) groups is 7. The highest BCUT2D eigenvalue weighted by Crippen LogP contribution is 2.47. The van der Waals surface area contributed by atoms with E-state index in [-0.39, 0.29) is 63.4 Å². The SMILES string of the molecule is CC(=O)Oc1ccc(C(=O)OC2Cc3c(OC(C)=O)cc(OC(C)=O)cc3OC2c2cc(OC(C)=O)c(OC(C)=O)c(OC(C)=O)c2)cc1. The molecule has 0 N–H and O–H groups in total. The van der Waals surface area contributed by atoms with Gasteiger partial charge in [-0.05, 0) is 36.4 Å². The molecule has 15 heteroatoms. The van der Waals surface area contributed by atoms with Gasteiger partial charge in [0.1, 0.15) is 29.1 Å². The Hall–Kier alpha value is -6.25. The number of rotatable bonds is 9. The molecule has 2 unspecified atom stereocenters. The third-order valence-corrected chi connectivity index (χ3v) is 6.39. The maximum absolute atomic E-state index is 13.4. The van der Waals surface area contributed by atoms with Crippen molar-refractivity contribution in [1.29, 1.82) is 0 Å². The molecule has 1 aliphatic heterocycles. The summed E-state index contributed by atoms with van der Waals surface area (Å²) < 4.78 is 43.6. The van der Waals surface area contributed by atoms with Crippen molar-refractivity contribution in [2.45, 2.75) is 60.2 Å². The van der Waals surface area contributed by atoms with Gasteiger partial charge >= 0.3 is 41.8 Å². The van der Waals surface area contributed by atoms with Gasteiger partial charge in [-0.2, -0.15) is 0 Å². The summed E-state index contributed by atoms with van der Waals surface area (Å²) in [6, 6.07) is 10.7. The van der Waals surface area contributed by atoms with Crippen LogP contribution in [-0.2, 0) is 39.9 Å². The lowest BCUT2D eigenvalue weighted by Crippen LogP contribution is -2.35. The van der Waals surface area contributed by atoms with E-state index >= 15 is 0 Å². The number of ether oxygens (including phenoxy) is 8. The fraction of sp³-hybridized carbons (Fsp3) is 0.265. The molecule has 0 saturated carbocycles. The van der Waals surface area contributed by atoms with Crippen LogP contribution in [0.3, 0.4) is 0 Å². The summed E-state index contributed by atoms with van der Waals surface area (Å²) in [5, 5.41) is 0. The van der Waals surface area contributed by atoms with Gasteiger partial charge in [0, 0.05) is 71.2 Å². The second-order valence-electron chi connectivity index (χ2n) is 10.5. The molecule has 49 heavy (non-hydrogen) atoms. The van der Waals surface area contributed by atoms with Crippen molar-refractivity contribution in [2.24, 2.45) is 0 Å². The lowest BCUT2D eigenvalue weighted by molar-refractivity contribution is -0.135. The molecule has 3 aromatic rings. The van der Waals surface area contributed by atoms with Crippen molar-refractivity contribution in [1.82, 2.24) is 0 Å². The lowest BCUT2D eigenvalue weighted by Gasteiger charge is -2.34. The second kappa shape index (κ2) is 15.1. The van der Waals surface area contributed by atoms with E-state index in [1.807, 2.05) is 0 Å². The highest BCUT2D eigenvalue weighted by atomic mass is 16.6. The van der Waals surface area contributed by atoms with E-state index in [0.29, 0.717) is 0 Å². The molecule has 0 bridgehead atoms.